The number of rotatable bonds is 3. The lowest BCUT2D eigenvalue weighted by molar-refractivity contribution is 0.136. The van der Waals surface area contributed by atoms with Crippen molar-refractivity contribution in [3.8, 4) is 5.75 Å². The highest BCUT2D eigenvalue weighted by Gasteiger charge is 2.30. The number of hydrogen-bond acceptors (Lipinski definition) is 2. The van der Waals surface area contributed by atoms with Crippen LogP contribution in [-0.2, 0) is 0 Å². The quantitative estimate of drug-likeness (QED) is 0.525. The van der Waals surface area contributed by atoms with Crippen LogP contribution in [0.25, 0.3) is 0 Å². The van der Waals surface area contributed by atoms with Crippen LogP contribution in [0.1, 0.15) is 26.2 Å². The zero-order valence-corrected chi connectivity index (χ0v) is 10.8. The molecule has 1 aliphatic heterocycles. The fourth-order valence-electron chi connectivity index (χ4n) is 2.24. The van der Waals surface area contributed by atoms with Gasteiger partial charge in [-0.05, 0) is 26.3 Å². The standard InChI is InChI=1S/C13H14F5NO/c1-6(7-4-2-3-5-19-7)20-13-11(17)9(15)8(14)10(16)12(13)18/h6-7,19H,2-5H2,1H3. The lowest BCUT2D eigenvalue weighted by Crippen LogP contribution is -2.44. The number of ether oxygens (including phenoxy) is 1. The molecule has 1 aromatic rings. The second-order valence-electron chi connectivity index (χ2n) is 4.78. The van der Waals surface area contributed by atoms with E-state index in [1.807, 2.05) is 0 Å². The monoisotopic (exact) mass is 295 g/mol. The van der Waals surface area contributed by atoms with Gasteiger partial charge in [-0.3, -0.25) is 0 Å². The summed E-state index contributed by atoms with van der Waals surface area (Å²) >= 11 is 0. The van der Waals surface area contributed by atoms with Crippen molar-refractivity contribution < 1.29 is 26.7 Å². The van der Waals surface area contributed by atoms with Crippen molar-refractivity contribution in [2.75, 3.05) is 6.54 Å². The lowest BCUT2D eigenvalue weighted by atomic mass is 10.0. The Morgan fingerprint density at radius 1 is 0.950 bits per heavy atom. The van der Waals surface area contributed by atoms with Gasteiger partial charge in [0.1, 0.15) is 6.10 Å². The first kappa shape index (κ1) is 15.0. The van der Waals surface area contributed by atoms with E-state index in [-0.39, 0.29) is 6.04 Å². The van der Waals surface area contributed by atoms with E-state index >= 15 is 0 Å². The molecule has 20 heavy (non-hydrogen) atoms. The van der Waals surface area contributed by atoms with E-state index in [0.717, 1.165) is 25.8 Å². The molecule has 1 aliphatic rings. The van der Waals surface area contributed by atoms with Gasteiger partial charge in [0, 0.05) is 6.04 Å². The molecule has 2 nitrogen and oxygen atoms in total. The predicted molar refractivity (Wildman–Crippen MR) is 62.0 cm³/mol. The summed E-state index contributed by atoms with van der Waals surface area (Å²) < 4.78 is 70.9. The van der Waals surface area contributed by atoms with Crippen LogP contribution < -0.4 is 10.1 Å². The summed E-state index contributed by atoms with van der Waals surface area (Å²) in [4.78, 5) is 0. The number of hydrogen-bond donors (Lipinski definition) is 1. The van der Waals surface area contributed by atoms with Crippen LogP contribution in [0.5, 0.6) is 5.75 Å². The van der Waals surface area contributed by atoms with Crippen molar-refractivity contribution >= 4 is 0 Å². The third-order valence-corrected chi connectivity index (χ3v) is 3.39. The highest BCUT2D eigenvalue weighted by molar-refractivity contribution is 5.30. The van der Waals surface area contributed by atoms with Crippen molar-refractivity contribution in [3.63, 3.8) is 0 Å². The normalized spacial score (nSPS) is 20.8. The van der Waals surface area contributed by atoms with Gasteiger partial charge < -0.3 is 10.1 Å². The molecule has 1 fully saturated rings. The van der Waals surface area contributed by atoms with E-state index in [1.165, 1.54) is 6.92 Å². The average Bonchev–Trinajstić information content (AvgIpc) is 2.48. The zero-order valence-electron chi connectivity index (χ0n) is 10.8. The van der Waals surface area contributed by atoms with E-state index in [1.54, 1.807) is 0 Å². The number of piperidine rings is 1. The van der Waals surface area contributed by atoms with Crippen molar-refractivity contribution in [3.05, 3.63) is 29.1 Å². The SMILES string of the molecule is CC(Oc1c(F)c(F)c(F)c(F)c1F)C1CCCCN1. The molecule has 7 heteroatoms. The minimum Gasteiger partial charge on any atom is -0.483 e. The Morgan fingerprint density at radius 2 is 1.50 bits per heavy atom. The molecule has 0 aromatic heterocycles. The maximum absolute atomic E-state index is 13.5. The average molecular weight is 295 g/mol. The minimum absolute atomic E-state index is 0.182. The van der Waals surface area contributed by atoms with Gasteiger partial charge in [0.25, 0.3) is 0 Å². The molecule has 2 unspecified atom stereocenters. The van der Waals surface area contributed by atoms with Crippen LogP contribution in [0.4, 0.5) is 22.0 Å². The molecule has 112 valence electrons. The first-order chi connectivity index (χ1) is 9.43. The van der Waals surface area contributed by atoms with Crippen LogP contribution >= 0.6 is 0 Å². The van der Waals surface area contributed by atoms with Gasteiger partial charge in [-0.1, -0.05) is 6.42 Å². The number of benzene rings is 1. The molecule has 0 amide bonds. The molecule has 2 atom stereocenters. The summed E-state index contributed by atoms with van der Waals surface area (Å²) in [5, 5.41) is 3.09. The van der Waals surface area contributed by atoms with Gasteiger partial charge in [0.05, 0.1) is 0 Å². The van der Waals surface area contributed by atoms with Gasteiger partial charge >= 0.3 is 0 Å². The fraction of sp³-hybridized carbons (Fsp3) is 0.538. The molecule has 0 radical (unpaired) electrons. The molecule has 0 saturated carbocycles. The molecule has 1 aromatic carbocycles. The van der Waals surface area contributed by atoms with Gasteiger partial charge in [-0.15, -0.1) is 0 Å². The largest absolute Gasteiger partial charge is 0.483 e. The molecule has 0 aliphatic carbocycles. The molecule has 1 N–H and O–H groups in total. The van der Waals surface area contributed by atoms with Crippen LogP contribution in [0.2, 0.25) is 0 Å². The van der Waals surface area contributed by atoms with Gasteiger partial charge in [0.15, 0.2) is 5.75 Å². The van der Waals surface area contributed by atoms with E-state index < -0.39 is 40.9 Å². The lowest BCUT2D eigenvalue weighted by Gasteiger charge is -2.29. The first-order valence-electron chi connectivity index (χ1n) is 6.35. The van der Waals surface area contributed by atoms with E-state index in [9.17, 15) is 22.0 Å². The van der Waals surface area contributed by atoms with Crippen molar-refractivity contribution in [2.45, 2.75) is 38.3 Å². The second-order valence-corrected chi connectivity index (χ2v) is 4.78. The second kappa shape index (κ2) is 5.95. The van der Waals surface area contributed by atoms with Crippen molar-refractivity contribution in [1.29, 1.82) is 0 Å². The number of halogens is 5. The maximum Gasteiger partial charge on any atom is 0.207 e. The van der Waals surface area contributed by atoms with E-state index in [0.29, 0.717) is 0 Å². The smallest absolute Gasteiger partial charge is 0.207 e. The maximum atomic E-state index is 13.5. The Morgan fingerprint density at radius 3 is 2.00 bits per heavy atom. The Kier molecular flexibility index (Phi) is 4.47. The summed E-state index contributed by atoms with van der Waals surface area (Å²) in [6, 6.07) is -0.182. The summed E-state index contributed by atoms with van der Waals surface area (Å²) in [5.74, 6) is -11.3. The third-order valence-electron chi connectivity index (χ3n) is 3.39. The van der Waals surface area contributed by atoms with E-state index in [4.69, 9.17) is 4.74 Å². The first-order valence-corrected chi connectivity index (χ1v) is 6.35. The molecule has 0 spiro atoms. The predicted octanol–water partition coefficient (Wildman–Crippen LogP) is 3.29. The van der Waals surface area contributed by atoms with Crippen LogP contribution in [0.15, 0.2) is 0 Å². The molecule has 2 rings (SSSR count). The van der Waals surface area contributed by atoms with Gasteiger partial charge in [-0.2, -0.15) is 8.78 Å². The zero-order chi connectivity index (χ0) is 14.9. The molecule has 1 saturated heterocycles. The van der Waals surface area contributed by atoms with Crippen LogP contribution in [-0.4, -0.2) is 18.7 Å². The highest BCUT2D eigenvalue weighted by Crippen LogP contribution is 2.30. The van der Waals surface area contributed by atoms with Crippen LogP contribution in [0.3, 0.4) is 0 Å². The van der Waals surface area contributed by atoms with Crippen molar-refractivity contribution in [2.24, 2.45) is 0 Å². The van der Waals surface area contributed by atoms with Crippen LogP contribution in [0, 0.1) is 29.1 Å². The summed E-state index contributed by atoms with van der Waals surface area (Å²) in [6.07, 6.45) is 1.91. The molecular weight excluding hydrogens is 281 g/mol. The summed E-state index contributed by atoms with van der Waals surface area (Å²) in [7, 11) is 0. The Labute approximate surface area is 112 Å². The fourth-order valence-corrected chi connectivity index (χ4v) is 2.24. The van der Waals surface area contributed by atoms with Gasteiger partial charge in [-0.25, -0.2) is 13.2 Å². The highest BCUT2D eigenvalue weighted by atomic mass is 19.2. The topological polar surface area (TPSA) is 21.3 Å². The Bertz CT molecular complexity index is 473. The Balaban J connectivity index is 2.24. The third kappa shape index (κ3) is 2.72. The molecule has 1 heterocycles. The molecular formula is C13H14F5NO. The van der Waals surface area contributed by atoms with Crippen molar-refractivity contribution in [1.82, 2.24) is 5.32 Å². The summed E-state index contributed by atoms with van der Waals surface area (Å²) in [5.41, 5.74) is 0. The number of nitrogens with one attached hydrogen (secondary N) is 1. The van der Waals surface area contributed by atoms with Gasteiger partial charge in [0.2, 0.25) is 29.1 Å². The van der Waals surface area contributed by atoms with E-state index in [2.05, 4.69) is 5.32 Å². The molecule has 0 bridgehead atoms. The minimum atomic E-state index is -2.18. The Hall–Kier alpha value is -1.37. The summed E-state index contributed by atoms with van der Waals surface area (Å²) in [6.45, 7) is 2.26.